The summed E-state index contributed by atoms with van der Waals surface area (Å²) in [6.45, 7) is 4.78. The van der Waals surface area contributed by atoms with Crippen molar-refractivity contribution in [2.75, 3.05) is 39.6 Å². The Bertz CT molecular complexity index is 1380. The largest absolute Gasteiger partial charge is 0.472 e. The number of phosphoric ester groups is 2. The van der Waals surface area contributed by atoms with E-state index in [1.54, 1.807) is 0 Å². The minimum Gasteiger partial charge on any atom is -0.462 e. The van der Waals surface area contributed by atoms with Gasteiger partial charge in [0, 0.05) is 25.7 Å². The molecular formula is C57H110O17P2. The molecule has 0 bridgehead atoms. The minimum absolute atomic E-state index is 0.106. The molecule has 0 aromatic heterocycles. The van der Waals surface area contributed by atoms with Crippen LogP contribution < -0.4 is 0 Å². The number of carbonyl (C=O) groups is 4. The Hall–Kier alpha value is -1.94. The predicted octanol–water partition coefficient (Wildman–Crippen LogP) is 15.2. The molecule has 0 aliphatic carbocycles. The van der Waals surface area contributed by atoms with E-state index in [1.165, 1.54) is 116 Å². The lowest BCUT2D eigenvalue weighted by Gasteiger charge is -2.21. The molecule has 2 unspecified atom stereocenters. The van der Waals surface area contributed by atoms with Gasteiger partial charge in [-0.05, 0) is 25.7 Å². The average molecular weight is 1130 g/mol. The van der Waals surface area contributed by atoms with Crippen LogP contribution in [-0.2, 0) is 65.4 Å². The van der Waals surface area contributed by atoms with E-state index >= 15 is 0 Å². The highest BCUT2D eigenvalue weighted by atomic mass is 31.2. The molecule has 0 aromatic carbocycles. The predicted molar refractivity (Wildman–Crippen MR) is 299 cm³/mol. The molecule has 0 saturated carbocycles. The fourth-order valence-corrected chi connectivity index (χ4v) is 9.98. The zero-order valence-corrected chi connectivity index (χ0v) is 50.0. The first-order valence-electron chi connectivity index (χ1n) is 30.3. The fraction of sp³-hybridized carbons (Fsp3) is 0.930. The SMILES string of the molecule is CCCCCCCCCCCC(=O)OC[C@H](COP(=O)(O)OCC(O)COP(=O)(O)OC[C@@H](COC(=O)CCCCCCCCCCC)OC(=O)CCCCCCCCCCC)OC(=O)CCCCCCCCCCC. The molecule has 0 aliphatic rings. The molecule has 0 radical (unpaired) electrons. The fourth-order valence-electron chi connectivity index (χ4n) is 8.40. The molecule has 0 heterocycles. The number of aliphatic hydroxyl groups is 1. The molecule has 19 heteroatoms. The Kier molecular flexibility index (Phi) is 51.1. The third kappa shape index (κ3) is 51.5. The Morgan fingerprint density at radius 3 is 0.776 bits per heavy atom. The summed E-state index contributed by atoms with van der Waals surface area (Å²) in [4.78, 5) is 71.7. The lowest BCUT2D eigenvalue weighted by molar-refractivity contribution is -0.161. The number of aliphatic hydroxyl groups excluding tert-OH is 1. The summed E-state index contributed by atoms with van der Waals surface area (Å²) in [5, 5.41) is 10.5. The summed E-state index contributed by atoms with van der Waals surface area (Å²) < 4.78 is 67.5. The van der Waals surface area contributed by atoms with Crippen molar-refractivity contribution in [1.29, 1.82) is 0 Å². The maximum absolute atomic E-state index is 12.9. The topological polar surface area (TPSA) is 237 Å². The van der Waals surface area contributed by atoms with Gasteiger partial charge >= 0.3 is 39.5 Å². The number of carbonyl (C=O) groups excluding carboxylic acids is 4. The van der Waals surface area contributed by atoms with Gasteiger partial charge in [-0.3, -0.25) is 37.3 Å². The van der Waals surface area contributed by atoms with Crippen molar-refractivity contribution in [3.8, 4) is 0 Å². The lowest BCUT2D eigenvalue weighted by Crippen LogP contribution is -2.30. The number of hydrogen-bond donors (Lipinski definition) is 3. The Morgan fingerprint density at radius 1 is 0.316 bits per heavy atom. The second-order valence-corrected chi connectivity index (χ2v) is 23.6. The van der Waals surface area contributed by atoms with Gasteiger partial charge in [0.15, 0.2) is 12.2 Å². The number of esters is 4. The van der Waals surface area contributed by atoms with Gasteiger partial charge in [0.1, 0.15) is 19.3 Å². The third-order valence-electron chi connectivity index (χ3n) is 13.1. The van der Waals surface area contributed by atoms with Crippen LogP contribution in [0, 0.1) is 0 Å². The molecule has 4 atom stereocenters. The van der Waals surface area contributed by atoms with E-state index in [4.69, 9.17) is 37.0 Å². The highest BCUT2D eigenvalue weighted by molar-refractivity contribution is 7.47. The monoisotopic (exact) mass is 1130 g/mol. The number of rotatable bonds is 58. The average Bonchev–Trinajstić information content (AvgIpc) is 3.39. The summed E-state index contributed by atoms with van der Waals surface area (Å²) in [5.41, 5.74) is 0. The number of unbranched alkanes of at least 4 members (excludes halogenated alkanes) is 32. The van der Waals surface area contributed by atoms with Gasteiger partial charge < -0.3 is 33.8 Å². The Balaban J connectivity index is 5.21. The van der Waals surface area contributed by atoms with E-state index < -0.39 is 97.5 Å². The third-order valence-corrected chi connectivity index (χ3v) is 15.0. The van der Waals surface area contributed by atoms with Crippen LogP contribution in [0.15, 0.2) is 0 Å². The first-order chi connectivity index (χ1) is 36.7. The molecule has 76 heavy (non-hydrogen) atoms. The molecular weight excluding hydrogens is 1020 g/mol. The smallest absolute Gasteiger partial charge is 0.462 e. The summed E-state index contributed by atoms with van der Waals surface area (Å²) in [5.74, 6) is -2.15. The van der Waals surface area contributed by atoms with E-state index in [1.807, 2.05) is 0 Å². The van der Waals surface area contributed by atoms with Crippen molar-refractivity contribution in [1.82, 2.24) is 0 Å². The molecule has 0 spiro atoms. The summed E-state index contributed by atoms with van der Waals surface area (Å²) in [6, 6.07) is 0. The quantitative estimate of drug-likeness (QED) is 0.0222. The van der Waals surface area contributed by atoms with Crippen LogP contribution in [0.25, 0.3) is 0 Å². The second-order valence-electron chi connectivity index (χ2n) is 20.7. The number of hydrogen-bond acceptors (Lipinski definition) is 15. The summed E-state index contributed by atoms with van der Waals surface area (Å²) in [7, 11) is -9.86. The first-order valence-corrected chi connectivity index (χ1v) is 33.3. The highest BCUT2D eigenvalue weighted by Gasteiger charge is 2.30. The maximum Gasteiger partial charge on any atom is 0.472 e. The van der Waals surface area contributed by atoms with Crippen molar-refractivity contribution in [3.05, 3.63) is 0 Å². The molecule has 0 amide bonds. The normalized spacial score (nSPS) is 14.4. The molecule has 0 aliphatic heterocycles. The van der Waals surface area contributed by atoms with Gasteiger partial charge in [0.25, 0.3) is 0 Å². The van der Waals surface area contributed by atoms with Crippen LogP contribution >= 0.6 is 15.6 Å². The first kappa shape index (κ1) is 74.1. The van der Waals surface area contributed by atoms with E-state index in [2.05, 4.69) is 27.7 Å². The molecule has 0 aromatic rings. The van der Waals surface area contributed by atoms with Crippen LogP contribution in [0.2, 0.25) is 0 Å². The van der Waals surface area contributed by atoms with Crippen LogP contribution in [0.5, 0.6) is 0 Å². The number of phosphoric acid groups is 2. The van der Waals surface area contributed by atoms with Crippen LogP contribution in [0.1, 0.15) is 285 Å². The zero-order valence-electron chi connectivity index (χ0n) is 48.2. The molecule has 17 nitrogen and oxygen atoms in total. The van der Waals surface area contributed by atoms with E-state index in [9.17, 15) is 43.2 Å². The van der Waals surface area contributed by atoms with Crippen LogP contribution in [0.4, 0.5) is 0 Å². The van der Waals surface area contributed by atoms with Crippen molar-refractivity contribution < 1.29 is 80.2 Å². The maximum atomic E-state index is 12.9. The summed E-state index contributed by atoms with van der Waals surface area (Å²) >= 11 is 0. The molecule has 0 saturated heterocycles. The molecule has 0 fully saturated rings. The van der Waals surface area contributed by atoms with Gasteiger partial charge in [0.2, 0.25) is 0 Å². The van der Waals surface area contributed by atoms with E-state index in [-0.39, 0.29) is 25.7 Å². The Labute approximate surface area is 460 Å². The highest BCUT2D eigenvalue weighted by Crippen LogP contribution is 2.45. The molecule has 0 rings (SSSR count). The van der Waals surface area contributed by atoms with Crippen molar-refractivity contribution in [3.63, 3.8) is 0 Å². The van der Waals surface area contributed by atoms with Crippen LogP contribution in [0.3, 0.4) is 0 Å². The van der Waals surface area contributed by atoms with Crippen molar-refractivity contribution >= 4 is 39.5 Å². The lowest BCUT2D eigenvalue weighted by atomic mass is 10.1. The van der Waals surface area contributed by atoms with Gasteiger partial charge in [-0.15, -0.1) is 0 Å². The van der Waals surface area contributed by atoms with Gasteiger partial charge in [-0.1, -0.05) is 233 Å². The number of ether oxygens (including phenoxy) is 4. The van der Waals surface area contributed by atoms with E-state index in [0.29, 0.717) is 25.7 Å². The van der Waals surface area contributed by atoms with Gasteiger partial charge in [0.05, 0.1) is 26.4 Å². The van der Waals surface area contributed by atoms with Crippen molar-refractivity contribution in [2.24, 2.45) is 0 Å². The van der Waals surface area contributed by atoms with Gasteiger partial charge in [-0.25, -0.2) is 9.13 Å². The zero-order chi connectivity index (χ0) is 56.2. The van der Waals surface area contributed by atoms with Crippen molar-refractivity contribution in [2.45, 2.75) is 303 Å². The molecule has 3 N–H and O–H groups in total. The Morgan fingerprint density at radius 2 is 0.526 bits per heavy atom. The standard InChI is InChI=1S/C57H110O17P2/c1-5-9-13-17-21-25-29-33-37-41-54(59)67-47-52(73-56(61)43-39-35-31-27-23-19-15-11-7-3)49-71-75(63,64)69-45-51(58)46-70-76(65,66)72-50-53(74-57(62)44-40-36-32-28-24-20-16-12-8-4)48-68-55(60)42-38-34-30-26-22-18-14-10-6-2/h51-53,58H,5-50H2,1-4H3,(H,63,64)(H,65,66)/t52-,53-/m1/s1. The summed E-state index contributed by atoms with van der Waals surface area (Å²) in [6.07, 6.45) is 34.8. The van der Waals surface area contributed by atoms with Gasteiger partial charge in [-0.2, -0.15) is 0 Å². The van der Waals surface area contributed by atoms with E-state index in [0.717, 1.165) is 89.9 Å². The second kappa shape index (κ2) is 52.4. The molecule has 450 valence electrons. The van der Waals surface area contributed by atoms with Crippen LogP contribution in [-0.4, -0.2) is 96.7 Å². The minimum atomic E-state index is -4.93.